The predicted molar refractivity (Wildman–Crippen MR) is 69.1 cm³/mol. The van der Waals surface area contributed by atoms with Crippen molar-refractivity contribution in [3.63, 3.8) is 0 Å². The SMILES string of the molecule is CN(CC(=O)N1CCCC1)C(=O)[C@@H]1CCCCN1. The number of carbonyl (C=O) groups excluding carboxylic acids is 2. The highest BCUT2D eigenvalue weighted by molar-refractivity contribution is 5.87. The van der Waals surface area contributed by atoms with E-state index in [4.69, 9.17) is 0 Å². The third kappa shape index (κ3) is 3.22. The van der Waals surface area contributed by atoms with Crippen LogP contribution in [0.15, 0.2) is 0 Å². The van der Waals surface area contributed by atoms with Crippen LogP contribution >= 0.6 is 0 Å². The molecule has 0 spiro atoms. The second-order valence-corrected chi connectivity index (χ2v) is 5.28. The Morgan fingerprint density at radius 3 is 2.56 bits per heavy atom. The van der Waals surface area contributed by atoms with Crippen LogP contribution in [0.1, 0.15) is 32.1 Å². The summed E-state index contributed by atoms with van der Waals surface area (Å²) in [5.41, 5.74) is 0. The summed E-state index contributed by atoms with van der Waals surface area (Å²) in [6.45, 7) is 2.83. The highest BCUT2D eigenvalue weighted by Gasteiger charge is 2.26. The summed E-state index contributed by atoms with van der Waals surface area (Å²) in [4.78, 5) is 27.5. The number of carbonyl (C=O) groups is 2. The summed E-state index contributed by atoms with van der Waals surface area (Å²) < 4.78 is 0. The molecule has 0 aromatic carbocycles. The smallest absolute Gasteiger partial charge is 0.242 e. The van der Waals surface area contributed by atoms with E-state index in [1.54, 1.807) is 11.9 Å². The van der Waals surface area contributed by atoms with E-state index in [1.165, 1.54) is 0 Å². The first-order valence-corrected chi connectivity index (χ1v) is 6.94. The van der Waals surface area contributed by atoms with Gasteiger partial charge in [-0.1, -0.05) is 6.42 Å². The summed E-state index contributed by atoms with van der Waals surface area (Å²) in [5.74, 6) is 0.140. The van der Waals surface area contributed by atoms with Gasteiger partial charge in [-0.25, -0.2) is 0 Å². The first-order valence-electron chi connectivity index (χ1n) is 6.94. The molecule has 1 N–H and O–H groups in total. The number of hydrogen-bond acceptors (Lipinski definition) is 3. The minimum atomic E-state index is -0.0878. The van der Waals surface area contributed by atoms with Crippen molar-refractivity contribution in [2.75, 3.05) is 33.2 Å². The largest absolute Gasteiger partial charge is 0.341 e. The van der Waals surface area contributed by atoms with E-state index in [0.717, 1.165) is 51.7 Å². The van der Waals surface area contributed by atoms with Gasteiger partial charge in [-0.15, -0.1) is 0 Å². The molecule has 2 aliphatic rings. The Bertz CT molecular complexity index is 307. The van der Waals surface area contributed by atoms with Crippen molar-refractivity contribution in [2.24, 2.45) is 0 Å². The maximum absolute atomic E-state index is 12.1. The van der Waals surface area contributed by atoms with Gasteiger partial charge in [0.15, 0.2) is 0 Å². The number of piperidine rings is 1. The number of nitrogens with zero attached hydrogens (tertiary/aromatic N) is 2. The van der Waals surface area contributed by atoms with Gasteiger partial charge in [0.25, 0.3) is 0 Å². The summed E-state index contributed by atoms with van der Waals surface area (Å²) in [7, 11) is 1.73. The Morgan fingerprint density at radius 2 is 1.94 bits per heavy atom. The maximum atomic E-state index is 12.1. The fourth-order valence-corrected chi connectivity index (χ4v) is 2.68. The highest BCUT2D eigenvalue weighted by Crippen LogP contribution is 2.11. The van der Waals surface area contributed by atoms with Crippen molar-refractivity contribution in [3.8, 4) is 0 Å². The lowest BCUT2D eigenvalue weighted by atomic mass is 10.0. The molecular formula is C13H23N3O2. The van der Waals surface area contributed by atoms with E-state index in [0.29, 0.717) is 0 Å². The van der Waals surface area contributed by atoms with Crippen LogP contribution in [0.3, 0.4) is 0 Å². The molecule has 0 saturated carbocycles. The van der Waals surface area contributed by atoms with Gasteiger partial charge in [-0.2, -0.15) is 0 Å². The predicted octanol–water partition coefficient (Wildman–Crippen LogP) is 0.209. The van der Waals surface area contributed by atoms with Crippen LogP contribution in [-0.4, -0.2) is 60.9 Å². The van der Waals surface area contributed by atoms with Crippen LogP contribution in [0.5, 0.6) is 0 Å². The van der Waals surface area contributed by atoms with Crippen molar-refractivity contribution in [1.29, 1.82) is 0 Å². The fourth-order valence-electron chi connectivity index (χ4n) is 2.68. The summed E-state index contributed by atoms with van der Waals surface area (Å²) in [5, 5.41) is 3.23. The second kappa shape index (κ2) is 6.18. The first kappa shape index (κ1) is 13.3. The van der Waals surface area contributed by atoms with Gasteiger partial charge in [-0.3, -0.25) is 9.59 Å². The lowest BCUT2D eigenvalue weighted by Gasteiger charge is -2.28. The van der Waals surface area contributed by atoms with E-state index < -0.39 is 0 Å². The van der Waals surface area contributed by atoms with Crippen LogP contribution < -0.4 is 5.32 Å². The van der Waals surface area contributed by atoms with Crippen molar-refractivity contribution in [2.45, 2.75) is 38.1 Å². The molecule has 2 fully saturated rings. The lowest BCUT2D eigenvalue weighted by Crippen LogP contribution is -2.49. The molecule has 102 valence electrons. The van der Waals surface area contributed by atoms with E-state index in [-0.39, 0.29) is 24.4 Å². The molecule has 0 radical (unpaired) electrons. The topological polar surface area (TPSA) is 52.7 Å². The molecule has 0 unspecified atom stereocenters. The Morgan fingerprint density at radius 1 is 1.22 bits per heavy atom. The van der Waals surface area contributed by atoms with Gasteiger partial charge in [-0.05, 0) is 32.2 Å². The molecule has 2 amide bonds. The number of nitrogens with one attached hydrogen (secondary N) is 1. The Balaban J connectivity index is 1.80. The zero-order valence-corrected chi connectivity index (χ0v) is 11.2. The van der Waals surface area contributed by atoms with Gasteiger partial charge >= 0.3 is 0 Å². The van der Waals surface area contributed by atoms with Crippen LogP contribution in [-0.2, 0) is 9.59 Å². The standard InChI is InChI=1S/C13H23N3O2/c1-15(10-12(17)16-8-4-5-9-16)13(18)11-6-2-3-7-14-11/h11,14H,2-10H2,1H3/t11-/m0/s1. The van der Waals surface area contributed by atoms with E-state index in [1.807, 2.05) is 4.90 Å². The van der Waals surface area contributed by atoms with Crippen LogP contribution in [0.2, 0.25) is 0 Å². The third-order valence-electron chi connectivity index (χ3n) is 3.82. The molecular weight excluding hydrogens is 230 g/mol. The molecule has 5 heteroatoms. The molecule has 2 rings (SSSR count). The minimum absolute atomic E-state index is 0.0576. The maximum Gasteiger partial charge on any atom is 0.242 e. The molecule has 5 nitrogen and oxygen atoms in total. The van der Waals surface area contributed by atoms with E-state index >= 15 is 0 Å². The average Bonchev–Trinajstić information content (AvgIpc) is 2.92. The van der Waals surface area contributed by atoms with Gasteiger partial charge in [0.05, 0.1) is 12.6 Å². The number of hydrogen-bond donors (Lipinski definition) is 1. The van der Waals surface area contributed by atoms with E-state index in [2.05, 4.69) is 5.32 Å². The molecule has 0 aromatic rings. The van der Waals surface area contributed by atoms with Crippen molar-refractivity contribution < 1.29 is 9.59 Å². The zero-order chi connectivity index (χ0) is 13.0. The minimum Gasteiger partial charge on any atom is -0.341 e. The average molecular weight is 253 g/mol. The monoisotopic (exact) mass is 253 g/mol. The molecule has 0 aromatic heterocycles. The van der Waals surface area contributed by atoms with Crippen molar-refractivity contribution in [3.05, 3.63) is 0 Å². The van der Waals surface area contributed by atoms with Gasteiger partial charge in [0.2, 0.25) is 11.8 Å². The Labute approximate surface area is 108 Å². The summed E-state index contributed by atoms with van der Waals surface area (Å²) in [6, 6.07) is -0.0878. The van der Waals surface area contributed by atoms with Crippen LogP contribution in [0.4, 0.5) is 0 Å². The van der Waals surface area contributed by atoms with Crippen molar-refractivity contribution in [1.82, 2.24) is 15.1 Å². The highest BCUT2D eigenvalue weighted by atomic mass is 16.2. The number of rotatable bonds is 3. The third-order valence-corrected chi connectivity index (χ3v) is 3.82. The Hall–Kier alpha value is -1.10. The molecule has 18 heavy (non-hydrogen) atoms. The molecule has 2 heterocycles. The van der Waals surface area contributed by atoms with Gasteiger partial charge in [0.1, 0.15) is 0 Å². The molecule has 0 aliphatic carbocycles. The lowest BCUT2D eigenvalue weighted by molar-refractivity contribution is -0.140. The quantitative estimate of drug-likeness (QED) is 0.782. The normalized spacial score (nSPS) is 24.1. The van der Waals surface area contributed by atoms with E-state index in [9.17, 15) is 9.59 Å². The van der Waals surface area contributed by atoms with Crippen LogP contribution in [0, 0.1) is 0 Å². The van der Waals surface area contributed by atoms with Crippen molar-refractivity contribution >= 4 is 11.8 Å². The van der Waals surface area contributed by atoms with Gasteiger partial charge in [0, 0.05) is 20.1 Å². The number of likely N-dealkylation sites (tertiary alicyclic amines) is 1. The number of likely N-dealkylation sites (N-methyl/N-ethyl adjacent to an activating group) is 1. The number of amides is 2. The zero-order valence-electron chi connectivity index (χ0n) is 11.2. The summed E-state index contributed by atoms with van der Waals surface area (Å²) in [6.07, 6.45) is 5.31. The molecule has 2 saturated heterocycles. The summed E-state index contributed by atoms with van der Waals surface area (Å²) >= 11 is 0. The fraction of sp³-hybridized carbons (Fsp3) is 0.846. The van der Waals surface area contributed by atoms with Crippen LogP contribution in [0.25, 0.3) is 0 Å². The molecule has 1 atom stereocenters. The molecule has 2 aliphatic heterocycles. The molecule has 0 bridgehead atoms. The first-order chi connectivity index (χ1) is 8.68. The second-order valence-electron chi connectivity index (χ2n) is 5.28. The Kier molecular flexibility index (Phi) is 4.58. The van der Waals surface area contributed by atoms with Gasteiger partial charge < -0.3 is 15.1 Å².